The van der Waals surface area contributed by atoms with E-state index in [9.17, 15) is 4.79 Å². The SMILES string of the molecule is CCN1C(=O)C(c2ccccc2)(N2CCCCC2)Sc2ccccc21. The summed E-state index contributed by atoms with van der Waals surface area (Å²) in [5.74, 6) is 0.201. The minimum absolute atomic E-state index is 0.201. The van der Waals surface area contributed by atoms with Gasteiger partial charge in [-0.1, -0.05) is 60.6 Å². The molecule has 0 spiro atoms. The molecule has 2 aliphatic rings. The van der Waals surface area contributed by atoms with Crippen molar-refractivity contribution in [2.45, 2.75) is 36.0 Å². The van der Waals surface area contributed by atoms with Gasteiger partial charge in [-0.05, 0) is 37.5 Å². The van der Waals surface area contributed by atoms with E-state index < -0.39 is 4.87 Å². The van der Waals surface area contributed by atoms with Crippen LogP contribution >= 0.6 is 11.8 Å². The van der Waals surface area contributed by atoms with Gasteiger partial charge in [-0.15, -0.1) is 0 Å². The molecule has 0 N–H and O–H groups in total. The highest BCUT2D eigenvalue weighted by atomic mass is 32.2. The minimum atomic E-state index is -0.647. The molecule has 2 aromatic carbocycles. The lowest BCUT2D eigenvalue weighted by molar-refractivity contribution is -0.126. The Morgan fingerprint density at radius 1 is 0.960 bits per heavy atom. The zero-order valence-electron chi connectivity index (χ0n) is 14.6. The molecule has 130 valence electrons. The third kappa shape index (κ3) is 2.68. The number of anilines is 1. The van der Waals surface area contributed by atoms with Gasteiger partial charge >= 0.3 is 0 Å². The predicted molar refractivity (Wildman–Crippen MR) is 104 cm³/mol. The Bertz CT molecular complexity index is 758. The second kappa shape index (κ2) is 6.85. The largest absolute Gasteiger partial charge is 0.309 e. The monoisotopic (exact) mass is 352 g/mol. The number of para-hydroxylation sites is 1. The number of likely N-dealkylation sites (tertiary alicyclic amines) is 1. The number of amides is 1. The smallest absolute Gasteiger partial charge is 0.263 e. The number of benzene rings is 2. The normalized spacial score (nSPS) is 24.2. The van der Waals surface area contributed by atoms with Crippen LogP contribution in [0.3, 0.4) is 0 Å². The van der Waals surface area contributed by atoms with E-state index >= 15 is 0 Å². The van der Waals surface area contributed by atoms with Crippen LogP contribution in [0.15, 0.2) is 59.5 Å². The number of likely N-dealkylation sites (N-methyl/N-ethyl adjacent to an activating group) is 1. The maximum atomic E-state index is 13.8. The third-order valence-corrected chi connectivity index (χ3v) is 6.76. The van der Waals surface area contributed by atoms with Gasteiger partial charge in [0.15, 0.2) is 4.87 Å². The first-order chi connectivity index (χ1) is 12.3. The summed E-state index contributed by atoms with van der Waals surface area (Å²) >= 11 is 1.73. The number of thioether (sulfide) groups is 1. The van der Waals surface area contributed by atoms with Crippen molar-refractivity contribution in [1.82, 2.24) is 4.90 Å². The van der Waals surface area contributed by atoms with E-state index in [4.69, 9.17) is 0 Å². The Balaban J connectivity index is 1.90. The molecule has 1 fully saturated rings. The van der Waals surface area contributed by atoms with Crippen LogP contribution in [0.25, 0.3) is 0 Å². The van der Waals surface area contributed by atoms with Crippen LogP contribution < -0.4 is 4.90 Å². The minimum Gasteiger partial charge on any atom is -0.309 e. The van der Waals surface area contributed by atoms with Crippen LogP contribution in [0.5, 0.6) is 0 Å². The summed E-state index contributed by atoms with van der Waals surface area (Å²) in [6.45, 7) is 4.72. The number of hydrogen-bond acceptors (Lipinski definition) is 3. The summed E-state index contributed by atoms with van der Waals surface area (Å²) in [5, 5.41) is 0. The highest BCUT2D eigenvalue weighted by Gasteiger charge is 2.52. The van der Waals surface area contributed by atoms with Crippen molar-refractivity contribution in [3.8, 4) is 0 Å². The summed E-state index contributed by atoms with van der Waals surface area (Å²) in [6.07, 6.45) is 3.58. The average Bonchev–Trinajstić information content (AvgIpc) is 2.69. The predicted octanol–water partition coefficient (Wildman–Crippen LogP) is 4.48. The number of carbonyl (C=O) groups is 1. The van der Waals surface area contributed by atoms with Crippen LogP contribution in [0.4, 0.5) is 5.69 Å². The summed E-state index contributed by atoms with van der Waals surface area (Å²) < 4.78 is 0. The fourth-order valence-electron chi connectivity index (χ4n) is 4.01. The highest BCUT2D eigenvalue weighted by molar-refractivity contribution is 8.01. The Kier molecular flexibility index (Phi) is 4.57. The van der Waals surface area contributed by atoms with Crippen LogP contribution in [0.2, 0.25) is 0 Å². The number of nitrogens with zero attached hydrogens (tertiary/aromatic N) is 2. The number of piperidine rings is 1. The molecule has 1 saturated heterocycles. The van der Waals surface area contributed by atoms with E-state index in [0.717, 1.165) is 37.2 Å². The first-order valence-corrected chi connectivity index (χ1v) is 9.99. The fraction of sp³-hybridized carbons (Fsp3) is 0.381. The number of hydrogen-bond donors (Lipinski definition) is 0. The van der Waals surface area contributed by atoms with E-state index in [1.165, 1.54) is 11.3 Å². The van der Waals surface area contributed by atoms with Gasteiger partial charge in [-0.2, -0.15) is 0 Å². The van der Waals surface area contributed by atoms with Gasteiger partial charge < -0.3 is 4.90 Å². The lowest BCUT2D eigenvalue weighted by Gasteiger charge is -2.49. The lowest BCUT2D eigenvalue weighted by Crippen LogP contribution is -2.58. The zero-order valence-corrected chi connectivity index (χ0v) is 15.5. The van der Waals surface area contributed by atoms with Gasteiger partial charge in [0.25, 0.3) is 5.91 Å². The molecule has 3 nitrogen and oxygen atoms in total. The second-order valence-corrected chi connectivity index (χ2v) is 7.91. The summed E-state index contributed by atoms with van der Waals surface area (Å²) in [4.78, 5) is 18.7. The van der Waals surface area contributed by atoms with Crippen molar-refractivity contribution < 1.29 is 4.79 Å². The number of carbonyl (C=O) groups excluding carboxylic acids is 1. The Hall–Kier alpha value is -1.78. The molecular weight excluding hydrogens is 328 g/mol. The van der Waals surface area contributed by atoms with E-state index in [1.54, 1.807) is 11.8 Å². The molecule has 4 rings (SSSR count). The second-order valence-electron chi connectivity index (χ2n) is 6.68. The van der Waals surface area contributed by atoms with Gasteiger partial charge in [-0.3, -0.25) is 9.69 Å². The molecule has 2 aliphatic heterocycles. The van der Waals surface area contributed by atoms with Crippen LogP contribution in [0, 0.1) is 0 Å². The molecule has 4 heteroatoms. The molecule has 25 heavy (non-hydrogen) atoms. The van der Waals surface area contributed by atoms with E-state index in [2.05, 4.69) is 42.2 Å². The van der Waals surface area contributed by atoms with Gasteiger partial charge in [-0.25, -0.2) is 0 Å². The average molecular weight is 353 g/mol. The van der Waals surface area contributed by atoms with Crippen molar-refractivity contribution in [1.29, 1.82) is 0 Å². The lowest BCUT2D eigenvalue weighted by atomic mass is 9.98. The summed E-state index contributed by atoms with van der Waals surface area (Å²) in [6, 6.07) is 18.6. The Labute approximate surface area is 154 Å². The first kappa shape index (κ1) is 16.7. The van der Waals surface area contributed by atoms with Crippen molar-refractivity contribution >= 4 is 23.4 Å². The first-order valence-electron chi connectivity index (χ1n) is 9.18. The summed E-state index contributed by atoms with van der Waals surface area (Å²) in [7, 11) is 0. The topological polar surface area (TPSA) is 23.6 Å². The standard InChI is InChI=1S/C21H24N2OS/c1-2-23-18-13-7-8-14-19(18)25-21(20(23)24,17-11-5-3-6-12-17)22-15-9-4-10-16-22/h3,5-8,11-14H,2,4,9-10,15-16H2,1H3. The van der Waals surface area contributed by atoms with Gasteiger partial charge in [0, 0.05) is 24.5 Å². The summed E-state index contributed by atoms with van der Waals surface area (Å²) in [5.41, 5.74) is 2.14. The van der Waals surface area contributed by atoms with Gasteiger partial charge in [0.1, 0.15) is 0 Å². The van der Waals surface area contributed by atoms with Crippen molar-refractivity contribution in [2.75, 3.05) is 24.5 Å². The van der Waals surface area contributed by atoms with Gasteiger partial charge in [0.2, 0.25) is 0 Å². The Morgan fingerprint density at radius 3 is 2.36 bits per heavy atom. The van der Waals surface area contributed by atoms with E-state index in [1.807, 2.05) is 29.2 Å². The van der Waals surface area contributed by atoms with Crippen LogP contribution in [-0.4, -0.2) is 30.4 Å². The third-order valence-electron chi connectivity index (χ3n) is 5.23. The molecule has 0 aliphatic carbocycles. The number of fused-ring (bicyclic) bond motifs is 1. The molecule has 2 heterocycles. The van der Waals surface area contributed by atoms with Crippen LogP contribution in [0.1, 0.15) is 31.7 Å². The molecule has 1 amide bonds. The molecule has 0 bridgehead atoms. The maximum Gasteiger partial charge on any atom is 0.263 e. The molecule has 0 saturated carbocycles. The molecule has 1 atom stereocenters. The van der Waals surface area contributed by atoms with E-state index in [-0.39, 0.29) is 5.91 Å². The van der Waals surface area contributed by atoms with Crippen molar-refractivity contribution in [2.24, 2.45) is 0 Å². The highest BCUT2D eigenvalue weighted by Crippen LogP contribution is 2.53. The Morgan fingerprint density at radius 2 is 1.64 bits per heavy atom. The van der Waals surface area contributed by atoms with Crippen molar-refractivity contribution in [3.05, 3.63) is 60.2 Å². The fourth-order valence-corrected chi connectivity index (χ4v) is 5.52. The number of rotatable bonds is 3. The molecule has 0 aromatic heterocycles. The quantitative estimate of drug-likeness (QED) is 0.813. The molecular formula is C21H24N2OS. The molecule has 1 unspecified atom stereocenters. The van der Waals surface area contributed by atoms with Gasteiger partial charge in [0.05, 0.1) is 5.69 Å². The zero-order chi connectivity index (χ0) is 17.3. The van der Waals surface area contributed by atoms with Crippen LogP contribution in [-0.2, 0) is 9.67 Å². The molecule has 2 aromatic rings. The van der Waals surface area contributed by atoms with Crippen molar-refractivity contribution in [3.63, 3.8) is 0 Å². The molecule has 0 radical (unpaired) electrons. The van der Waals surface area contributed by atoms with E-state index in [0.29, 0.717) is 6.54 Å². The maximum absolute atomic E-state index is 13.8.